The monoisotopic (exact) mass is 403 g/mol. The largest absolute Gasteiger partial charge is 0.489 e. The summed E-state index contributed by atoms with van der Waals surface area (Å²) >= 11 is 0. The minimum absolute atomic E-state index is 0.0983. The zero-order chi connectivity index (χ0) is 20.9. The van der Waals surface area contributed by atoms with Gasteiger partial charge in [0.25, 0.3) is 0 Å². The molecule has 0 radical (unpaired) electrons. The summed E-state index contributed by atoms with van der Waals surface area (Å²) in [4.78, 5) is -0.200. The Morgan fingerprint density at radius 1 is 0.966 bits per heavy atom. The Bertz CT molecular complexity index is 1150. The first kappa shape index (κ1) is 20.4. The lowest BCUT2D eigenvalue weighted by atomic mass is 10.1. The summed E-state index contributed by atoms with van der Waals surface area (Å²) in [6.07, 6.45) is 1.37. The maximum Gasteiger partial charge on any atom is 0.216 e. The normalized spacial score (nSPS) is 11.7. The van der Waals surface area contributed by atoms with Crippen LogP contribution in [0.3, 0.4) is 0 Å². The number of sulfone groups is 1. The van der Waals surface area contributed by atoms with Gasteiger partial charge in [-0.3, -0.25) is 0 Å². The summed E-state index contributed by atoms with van der Waals surface area (Å²) in [5, 5.41) is 9.37. The molecule has 3 rings (SSSR count). The van der Waals surface area contributed by atoms with Gasteiger partial charge in [-0.1, -0.05) is 59.7 Å². The molecular formula is C24H21NO3S. The minimum atomic E-state index is -3.85. The smallest absolute Gasteiger partial charge is 0.216 e. The number of aryl methyl sites for hydroxylation is 2. The second-order valence-corrected chi connectivity index (χ2v) is 8.71. The maximum atomic E-state index is 12.6. The van der Waals surface area contributed by atoms with Crippen LogP contribution in [0.5, 0.6) is 5.75 Å². The molecule has 5 heteroatoms. The van der Waals surface area contributed by atoms with Gasteiger partial charge in [-0.05, 0) is 55.3 Å². The van der Waals surface area contributed by atoms with Crippen LogP contribution in [0.25, 0.3) is 6.08 Å². The number of hydrogen-bond acceptors (Lipinski definition) is 4. The molecule has 146 valence electrons. The van der Waals surface area contributed by atoms with Crippen molar-refractivity contribution in [2.24, 2.45) is 0 Å². The van der Waals surface area contributed by atoms with Crippen molar-refractivity contribution < 1.29 is 13.2 Å². The summed E-state index contributed by atoms with van der Waals surface area (Å²) in [5.74, 6) is 0.672. The Kier molecular flexibility index (Phi) is 6.16. The maximum absolute atomic E-state index is 12.6. The van der Waals surface area contributed by atoms with E-state index in [0.717, 1.165) is 5.56 Å². The van der Waals surface area contributed by atoms with Gasteiger partial charge in [-0.2, -0.15) is 5.26 Å². The lowest BCUT2D eigenvalue weighted by molar-refractivity contribution is 0.306. The van der Waals surface area contributed by atoms with Crippen LogP contribution >= 0.6 is 0 Å². The third-order valence-electron chi connectivity index (χ3n) is 4.32. The third-order valence-corrected chi connectivity index (χ3v) is 6.00. The van der Waals surface area contributed by atoms with E-state index in [1.54, 1.807) is 48.5 Å². The fraction of sp³-hybridized carbons (Fsp3) is 0.125. The van der Waals surface area contributed by atoms with E-state index in [9.17, 15) is 13.7 Å². The Hall–Kier alpha value is -3.36. The second kappa shape index (κ2) is 8.76. The van der Waals surface area contributed by atoms with Crippen LogP contribution in [0, 0.1) is 25.2 Å². The molecule has 29 heavy (non-hydrogen) atoms. The SMILES string of the molecule is Cc1cc(C)cc(COc2ccc(C=C(C#N)S(=O)(=O)c3ccccc3)cc2)c1. The first-order valence-corrected chi connectivity index (χ1v) is 10.6. The molecule has 0 saturated heterocycles. The minimum Gasteiger partial charge on any atom is -0.489 e. The molecule has 0 aliphatic carbocycles. The van der Waals surface area contributed by atoms with E-state index in [0.29, 0.717) is 17.9 Å². The standard InChI is InChI=1S/C24H21NO3S/c1-18-12-19(2)14-21(13-18)17-28-22-10-8-20(9-11-22)15-24(16-25)29(26,27)23-6-4-3-5-7-23/h3-15H,17H2,1-2H3. The highest BCUT2D eigenvalue weighted by atomic mass is 32.2. The van der Waals surface area contributed by atoms with Gasteiger partial charge in [0.05, 0.1) is 4.90 Å². The van der Waals surface area contributed by atoms with Crippen LogP contribution in [0.15, 0.2) is 82.6 Å². The molecule has 0 bridgehead atoms. The average Bonchev–Trinajstić information content (AvgIpc) is 2.71. The van der Waals surface area contributed by atoms with Crippen molar-refractivity contribution in [2.45, 2.75) is 25.3 Å². The number of benzene rings is 3. The zero-order valence-electron chi connectivity index (χ0n) is 16.3. The third kappa shape index (κ3) is 5.13. The van der Waals surface area contributed by atoms with Crippen LogP contribution in [0.1, 0.15) is 22.3 Å². The van der Waals surface area contributed by atoms with E-state index in [4.69, 9.17) is 4.74 Å². The summed E-state index contributed by atoms with van der Waals surface area (Å²) in [5.41, 5.74) is 4.08. The van der Waals surface area contributed by atoms with Gasteiger partial charge < -0.3 is 4.74 Å². The molecule has 4 nitrogen and oxygen atoms in total. The number of allylic oxidation sites excluding steroid dienone is 1. The molecule has 3 aromatic rings. The van der Waals surface area contributed by atoms with Crippen LogP contribution in [0.2, 0.25) is 0 Å². The molecular weight excluding hydrogens is 382 g/mol. The Morgan fingerprint density at radius 2 is 1.59 bits per heavy atom. The second-order valence-electron chi connectivity index (χ2n) is 6.79. The molecule has 0 aliphatic heterocycles. The van der Waals surface area contributed by atoms with Crippen molar-refractivity contribution in [1.82, 2.24) is 0 Å². The van der Waals surface area contributed by atoms with Crippen molar-refractivity contribution in [2.75, 3.05) is 0 Å². The van der Waals surface area contributed by atoms with E-state index in [2.05, 4.69) is 18.2 Å². The first-order valence-electron chi connectivity index (χ1n) is 9.10. The van der Waals surface area contributed by atoms with Crippen molar-refractivity contribution in [3.63, 3.8) is 0 Å². The fourth-order valence-electron chi connectivity index (χ4n) is 3.03. The van der Waals surface area contributed by atoms with Crippen LogP contribution < -0.4 is 4.74 Å². The summed E-state index contributed by atoms with van der Waals surface area (Å²) < 4.78 is 31.1. The van der Waals surface area contributed by atoms with Gasteiger partial charge in [-0.25, -0.2) is 8.42 Å². The quantitative estimate of drug-likeness (QED) is 0.529. The van der Waals surface area contributed by atoms with E-state index >= 15 is 0 Å². The predicted molar refractivity (Wildman–Crippen MR) is 114 cm³/mol. The van der Waals surface area contributed by atoms with Crippen LogP contribution in [-0.4, -0.2) is 8.42 Å². The molecule has 0 saturated carbocycles. The van der Waals surface area contributed by atoms with Crippen molar-refractivity contribution in [1.29, 1.82) is 5.26 Å². The van der Waals surface area contributed by atoms with Gasteiger partial charge in [-0.15, -0.1) is 0 Å². The Morgan fingerprint density at radius 3 is 2.17 bits per heavy atom. The van der Waals surface area contributed by atoms with E-state index in [1.165, 1.54) is 29.3 Å². The van der Waals surface area contributed by atoms with Crippen LogP contribution in [-0.2, 0) is 16.4 Å². The topological polar surface area (TPSA) is 67.2 Å². The molecule has 0 heterocycles. The molecule has 0 atom stereocenters. The molecule has 0 amide bonds. The zero-order valence-corrected chi connectivity index (χ0v) is 17.1. The number of ether oxygens (including phenoxy) is 1. The molecule has 0 unspecified atom stereocenters. The molecule has 0 N–H and O–H groups in total. The molecule has 0 aromatic heterocycles. The highest BCUT2D eigenvalue weighted by Gasteiger charge is 2.20. The van der Waals surface area contributed by atoms with Gasteiger partial charge >= 0.3 is 0 Å². The number of nitriles is 1. The van der Waals surface area contributed by atoms with Crippen molar-refractivity contribution in [3.05, 3.63) is 100.0 Å². The van der Waals surface area contributed by atoms with Gasteiger partial charge in [0.1, 0.15) is 23.3 Å². The number of hydrogen-bond donors (Lipinski definition) is 0. The van der Waals surface area contributed by atoms with Gasteiger partial charge in [0.2, 0.25) is 9.84 Å². The number of nitrogens with zero attached hydrogens (tertiary/aromatic N) is 1. The lowest BCUT2D eigenvalue weighted by Crippen LogP contribution is -2.03. The van der Waals surface area contributed by atoms with Crippen LogP contribution in [0.4, 0.5) is 0 Å². The summed E-state index contributed by atoms with van der Waals surface area (Å²) in [6, 6.07) is 23.0. The van der Waals surface area contributed by atoms with Crippen molar-refractivity contribution >= 4 is 15.9 Å². The highest BCUT2D eigenvalue weighted by molar-refractivity contribution is 7.95. The fourth-order valence-corrected chi connectivity index (χ4v) is 4.21. The average molecular weight is 404 g/mol. The summed E-state index contributed by atoms with van der Waals surface area (Å²) in [7, 11) is -3.85. The predicted octanol–water partition coefficient (Wildman–Crippen LogP) is 5.22. The molecule has 0 aliphatic rings. The van der Waals surface area contributed by atoms with E-state index in [1.807, 2.05) is 13.8 Å². The lowest BCUT2D eigenvalue weighted by Gasteiger charge is -2.08. The van der Waals surface area contributed by atoms with E-state index in [-0.39, 0.29) is 9.80 Å². The number of rotatable bonds is 6. The van der Waals surface area contributed by atoms with E-state index < -0.39 is 9.84 Å². The van der Waals surface area contributed by atoms with Gasteiger partial charge in [0, 0.05) is 0 Å². The van der Waals surface area contributed by atoms with Crippen molar-refractivity contribution in [3.8, 4) is 11.8 Å². The summed E-state index contributed by atoms with van der Waals surface area (Å²) in [6.45, 7) is 4.55. The molecule has 0 fully saturated rings. The molecule has 3 aromatic carbocycles. The molecule has 0 spiro atoms. The first-order chi connectivity index (χ1) is 13.9. The Labute approximate surface area is 171 Å². The van der Waals surface area contributed by atoms with Gasteiger partial charge in [0.15, 0.2) is 0 Å². The highest BCUT2D eigenvalue weighted by Crippen LogP contribution is 2.22. The Balaban J connectivity index is 1.76.